The molecular formula is C29H25KN2O6. The molecule has 1 aliphatic rings. The summed E-state index contributed by atoms with van der Waals surface area (Å²) in [6, 6.07) is 23.2. The van der Waals surface area contributed by atoms with Gasteiger partial charge in [-0.3, -0.25) is 4.90 Å². The van der Waals surface area contributed by atoms with E-state index < -0.39 is 18.1 Å². The Kier molecular flexibility index (Phi) is 9.76. The van der Waals surface area contributed by atoms with Crippen LogP contribution in [0.2, 0.25) is 0 Å². The minimum Gasteiger partial charge on any atom is -0.548 e. The van der Waals surface area contributed by atoms with Gasteiger partial charge >= 0.3 is 57.5 Å². The third-order valence-corrected chi connectivity index (χ3v) is 6.22. The molecule has 38 heavy (non-hydrogen) atoms. The average molecular weight is 537 g/mol. The molecule has 0 N–H and O–H groups in total. The maximum absolute atomic E-state index is 12.8. The molecule has 3 aromatic carbocycles. The van der Waals surface area contributed by atoms with Crippen molar-refractivity contribution < 1.29 is 80.0 Å². The van der Waals surface area contributed by atoms with Crippen molar-refractivity contribution in [3.05, 3.63) is 108 Å². The number of fused-ring (bicyclic) bond motifs is 1. The van der Waals surface area contributed by atoms with Gasteiger partial charge in [-0.25, -0.2) is 9.78 Å². The first-order valence-electron chi connectivity index (χ1n) is 12.0. The van der Waals surface area contributed by atoms with Gasteiger partial charge in [-0.2, -0.15) is 0 Å². The van der Waals surface area contributed by atoms with Crippen LogP contribution < -0.4 is 61.2 Å². The summed E-state index contributed by atoms with van der Waals surface area (Å²) in [6.45, 7) is 0.520. The van der Waals surface area contributed by atoms with Crippen LogP contribution in [0.25, 0.3) is 11.5 Å². The molecule has 1 atom stereocenters. The first-order chi connectivity index (χ1) is 18.1. The van der Waals surface area contributed by atoms with Gasteiger partial charge in [-0.15, -0.1) is 0 Å². The van der Waals surface area contributed by atoms with Crippen LogP contribution >= 0.6 is 0 Å². The first-order valence-corrected chi connectivity index (χ1v) is 12.0. The van der Waals surface area contributed by atoms with E-state index in [1.807, 2.05) is 72.8 Å². The molecule has 9 heteroatoms. The maximum Gasteiger partial charge on any atom is 1.00 e. The molecule has 5 rings (SSSR count). The van der Waals surface area contributed by atoms with E-state index in [1.54, 1.807) is 12.3 Å². The summed E-state index contributed by atoms with van der Waals surface area (Å²) in [6.07, 6.45) is 1.62. The molecule has 0 radical (unpaired) electrons. The molecule has 0 bridgehead atoms. The average Bonchev–Trinajstić information content (AvgIpc) is 3.41. The van der Waals surface area contributed by atoms with Crippen molar-refractivity contribution >= 4 is 12.1 Å². The normalized spacial score (nSPS) is 14.2. The Morgan fingerprint density at radius 2 is 1.74 bits per heavy atom. The number of oxazole rings is 1. The number of aromatic nitrogens is 1. The monoisotopic (exact) mass is 536 g/mol. The molecule has 0 fully saturated rings. The van der Waals surface area contributed by atoms with Crippen LogP contribution in [0.3, 0.4) is 0 Å². The van der Waals surface area contributed by atoms with Crippen molar-refractivity contribution in [1.29, 1.82) is 0 Å². The Hall–Kier alpha value is -2.95. The summed E-state index contributed by atoms with van der Waals surface area (Å²) in [5.41, 5.74) is 4.14. The number of nitrogens with zero attached hydrogens (tertiary/aromatic N) is 2. The Labute approximate surface area is 263 Å². The van der Waals surface area contributed by atoms with Crippen molar-refractivity contribution in [3.8, 4) is 17.2 Å². The molecule has 8 nitrogen and oxygen atoms in total. The van der Waals surface area contributed by atoms with Crippen molar-refractivity contribution in [1.82, 2.24) is 9.88 Å². The predicted molar refractivity (Wildman–Crippen MR) is 132 cm³/mol. The third kappa shape index (κ3) is 6.92. The van der Waals surface area contributed by atoms with Crippen LogP contribution in [0.4, 0.5) is 4.79 Å². The Bertz CT molecular complexity index is 1380. The van der Waals surface area contributed by atoms with Crippen LogP contribution in [0.1, 0.15) is 22.4 Å². The standard InChI is InChI=1S/C29H26N2O6.K/c32-28(33)26-16-22-11-12-25(35-14-13-24-19-36-27(30-24)21-9-5-2-6-10-21)15-23(22)17-31(26)29(34)37-18-20-7-3-1-4-8-20;/h1-12,15,19,26H,13-14,16-18H2,(H,32,33);/q;+1/p-1. The zero-order valence-corrected chi connectivity index (χ0v) is 24.2. The molecule has 0 aliphatic carbocycles. The second-order valence-electron chi connectivity index (χ2n) is 8.75. The summed E-state index contributed by atoms with van der Waals surface area (Å²) in [5.74, 6) is -0.133. The van der Waals surface area contributed by atoms with Gasteiger partial charge in [0.25, 0.3) is 0 Å². The molecule has 188 valence electrons. The number of aliphatic carboxylic acids is 1. The van der Waals surface area contributed by atoms with E-state index in [0.29, 0.717) is 24.7 Å². The number of hydrogen-bond donors (Lipinski definition) is 0. The summed E-state index contributed by atoms with van der Waals surface area (Å²) < 4.78 is 16.9. The van der Waals surface area contributed by atoms with E-state index >= 15 is 0 Å². The number of benzene rings is 3. The minimum atomic E-state index is -1.31. The van der Waals surface area contributed by atoms with Gasteiger partial charge in [-0.1, -0.05) is 54.6 Å². The van der Waals surface area contributed by atoms with Gasteiger partial charge in [0, 0.05) is 12.0 Å². The van der Waals surface area contributed by atoms with E-state index in [0.717, 1.165) is 27.9 Å². The Morgan fingerprint density at radius 1 is 1.00 bits per heavy atom. The fourth-order valence-electron chi connectivity index (χ4n) is 4.26. The number of carbonyl (C=O) groups is 2. The quantitative estimate of drug-likeness (QED) is 0.307. The van der Waals surface area contributed by atoms with Crippen molar-refractivity contribution in [3.63, 3.8) is 0 Å². The molecule has 1 aliphatic heterocycles. The first kappa shape index (κ1) is 28.1. The molecule has 0 saturated carbocycles. The van der Waals surface area contributed by atoms with Crippen LogP contribution in [0, 0.1) is 0 Å². The number of carboxylic acid groups (broad SMARTS) is 1. The number of amides is 1. The van der Waals surface area contributed by atoms with Crippen molar-refractivity contribution in [2.45, 2.75) is 32.0 Å². The summed E-state index contributed by atoms with van der Waals surface area (Å²) in [5, 5.41) is 11.8. The topological polar surface area (TPSA) is 105 Å². The summed E-state index contributed by atoms with van der Waals surface area (Å²) in [4.78, 5) is 30.3. The summed E-state index contributed by atoms with van der Waals surface area (Å²) >= 11 is 0. The molecule has 4 aromatic rings. The third-order valence-electron chi connectivity index (χ3n) is 6.22. The van der Waals surface area contributed by atoms with Crippen LogP contribution in [0.5, 0.6) is 5.75 Å². The van der Waals surface area contributed by atoms with Crippen LogP contribution in [-0.2, 0) is 35.5 Å². The van der Waals surface area contributed by atoms with Crippen LogP contribution in [0.15, 0.2) is 89.5 Å². The number of hydrogen-bond acceptors (Lipinski definition) is 7. The van der Waals surface area contributed by atoms with E-state index in [1.165, 1.54) is 4.90 Å². The van der Waals surface area contributed by atoms with E-state index in [2.05, 4.69) is 4.98 Å². The van der Waals surface area contributed by atoms with Crippen molar-refractivity contribution in [2.24, 2.45) is 0 Å². The molecular weight excluding hydrogens is 511 g/mol. The number of rotatable bonds is 8. The van der Waals surface area contributed by atoms with Crippen LogP contribution in [-0.4, -0.2) is 34.6 Å². The molecule has 1 unspecified atom stereocenters. The summed E-state index contributed by atoms with van der Waals surface area (Å²) in [7, 11) is 0. The second-order valence-corrected chi connectivity index (χ2v) is 8.75. The molecule has 0 saturated heterocycles. The fourth-order valence-corrected chi connectivity index (χ4v) is 4.26. The van der Waals surface area contributed by atoms with Gasteiger partial charge in [0.05, 0.1) is 30.9 Å². The van der Waals surface area contributed by atoms with E-state index in [4.69, 9.17) is 13.9 Å². The Balaban J connectivity index is 0.00000336. The largest absolute Gasteiger partial charge is 1.00 e. The van der Waals surface area contributed by atoms with E-state index in [-0.39, 0.29) is 71.0 Å². The maximum atomic E-state index is 12.8. The Morgan fingerprint density at radius 3 is 2.47 bits per heavy atom. The van der Waals surface area contributed by atoms with Gasteiger partial charge in [0.2, 0.25) is 5.89 Å². The second kappa shape index (κ2) is 13.2. The number of ether oxygens (including phenoxy) is 2. The molecule has 1 amide bonds. The van der Waals surface area contributed by atoms with Gasteiger partial charge < -0.3 is 23.8 Å². The zero-order chi connectivity index (χ0) is 25.6. The minimum absolute atomic E-state index is 0. The van der Waals surface area contributed by atoms with E-state index in [9.17, 15) is 14.7 Å². The molecule has 1 aromatic heterocycles. The van der Waals surface area contributed by atoms with Gasteiger partial charge in [0.1, 0.15) is 18.6 Å². The molecule has 2 heterocycles. The fraction of sp³-hybridized carbons (Fsp3) is 0.207. The molecule has 0 spiro atoms. The number of carboxylic acids is 1. The zero-order valence-electron chi connectivity index (χ0n) is 21.0. The van der Waals surface area contributed by atoms with Gasteiger partial charge in [-0.05, 0) is 47.4 Å². The smallest absolute Gasteiger partial charge is 0.548 e. The predicted octanol–water partition coefficient (Wildman–Crippen LogP) is 0.780. The van der Waals surface area contributed by atoms with Gasteiger partial charge in [0.15, 0.2) is 0 Å². The SMILES string of the molecule is O=C([O-])C1Cc2ccc(OCCc3coc(-c4ccccc4)n3)cc2CN1C(=O)OCc1ccccc1.[K+]. The van der Waals surface area contributed by atoms with Crippen molar-refractivity contribution in [2.75, 3.05) is 6.61 Å². The number of carbonyl (C=O) groups excluding carboxylic acids is 2.